The number of aliphatic hydroxyl groups is 2. The predicted octanol–water partition coefficient (Wildman–Crippen LogP) is 22.5. The molecule has 0 aliphatic carbocycles. The second kappa shape index (κ2) is 66.8. The summed E-state index contributed by atoms with van der Waals surface area (Å²) in [5.74, 6) is -0.0456. The first kappa shape index (κ1) is 75.3. The average Bonchev–Trinajstić information content (AvgIpc) is 3.43. The topological polar surface area (TPSA) is 95.9 Å². The van der Waals surface area contributed by atoms with Crippen molar-refractivity contribution in [3.63, 3.8) is 0 Å². The second-order valence-electron chi connectivity index (χ2n) is 24.2. The molecule has 0 aliphatic rings. The van der Waals surface area contributed by atoms with Gasteiger partial charge in [-0.3, -0.25) is 9.59 Å². The monoisotopic (exact) mass is 1080 g/mol. The summed E-state index contributed by atoms with van der Waals surface area (Å²) in [4.78, 5) is 24.6. The SMILES string of the molecule is CCCCCCCCC/C=C\CCCCCCCCCC(=O)OCCCCCCCCCCCCCCCCCCCCCCCCCCCCCCCCC(=O)NC(CO)C(O)/C=C/CCCCCCCCCCCC. The summed E-state index contributed by atoms with van der Waals surface area (Å²) >= 11 is 0. The fourth-order valence-electron chi connectivity index (χ4n) is 11.1. The lowest BCUT2D eigenvalue weighted by molar-refractivity contribution is -0.143. The van der Waals surface area contributed by atoms with E-state index in [-0.39, 0.29) is 18.5 Å². The van der Waals surface area contributed by atoms with Crippen molar-refractivity contribution in [1.82, 2.24) is 5.32 Å². The number of aliphatic hydroxyl groups excluding tert-OH is 2. The fourth-order valence-corrected chi connectivity index (χ4v) is 11.1. The van der Waals surface area contributed by atoms with Crippen LogP contribution in [0.1, 0.15) is 393 Å². The average molecular weight is 1080 g/mol. The highest BCUT2D eigenvalue weighted by molar-refractivity contribution is 5.76. The van der Waals surface area contributed by atoms with Crippen LogP contribution < -0.4 is 5.32 Å². The number of hydrogen-bond acceptors (Lipinski definition) is 5. The minimum absolute atomic E-state index is 0.0175. The van der Waals surface area contributed by atoms with Gasteiger partial charge in [-0.25, -0.2) is 0 Å². The van der Waals surface area contributed by atoms with Gasteiger partial charge in [0.1, 0.15) is 0 Å². The lowest BCUT2D eigenvalue weighted by Crippen LogP contribution is -2.45. The zero-order valence-electron chi connectivity index (χ0n) is 52.2. The van der Waals surface area contributed by atoms with Crippen LogP contribution in [0, 0.1) is 0 Å². The van der Waals surface area contributed by atoms with Crippen LogP contribution in [0.5, 0.6) is 0 Å². The summed E-state index contributed by atoms with van der Waals surface area (Å²) in [6.45, 7) is 4.92. The molecule has 0 bridgehead atoms. The number of rotatable bonds is 66. The molecule has 1 amide bonds. The molecule has 0 heterocycles. The maximum Gasteiger partial charge on any atom is 0.305 e. The van der Waals surface area contributed by atoms with Gasteiger partial charge >= 0.3 is 5.97 Å². The molecule has 0 aromatic heterocycles. The molecule has 0 radical (unpaired) electrons. The first-order valence-electron chi connectivity index (χ1n) is 35.1. The van der Waals surface area contributed by atoms with E-state index in [0.717, 1.165) is 44.9 Å². The summed E-state index contributed by atoms with van der Waals surface area (Å²) in [6, 6.07) is -0.623. The van der Waals surface area contributed by atoms with Gasteiger partial charge in [0, 0.05) is 12.8 Å². The van der Waals surface area contributed by atoms with Crippen LogP contribution in [0.4, 0.5) is 0 Å². The van der Waals surface area contributed by atoms with Gasteiger partial charge in [-0.05, 0) is 57.8 Å². The smallest absolute Gasteiger partial charge is 0.305 e. The number of nitrogens with one attached hydrogen (secondary N) is 1. The Bertz CT molecular complexity index is 1200. The number of ether oxygens (including phenoxy) is 1. The Hall–Kier alpha value is -1.66. The van der Waals surface area contributed by atoms with E-state index in [1.165, 1.54) is 321 Å². The fraction of sp³-hybridized carbons (Fsp3) is 0.915. The van der Waals surface area contributed by atoms with E-state index in [1.54, 1.807) is 6.08 Å². The maximum absolute atomic E-state index is 12.5. The highest BCUT2D eigenvalue weighted by Gasteiger charge is 2.18. The summed E-state index contributed by atoms with van der Waals surface area (Å²) in [7, 11) is 0. The van der Waals surface area contributed by atoms with Crippen LogP contribution in [0.15, 0.2) is 24.3 Å². The molecule has 0 saturated carbocycles. The Morgan fingerprint density at radius 2 is 0.610 bits per heavy atom. The van der Waals surface area contributed by atoms with Crippen molar-refractivity contribution in [2.45, 2.75) is 405 Å². The predicted molar refractivity (Wildman–Crippen MR) is 338 cm³/mol. The highest BCUT2D eigenvalue weighted by Crippen LogP contribution is 2.19. The van der Waals surface area contributed by atoms with Crippen LogP contribution in [0.2, 0.25) is 0 Å². The summed E-state index contributed by atoms with van der Waals surface area (Å²) < 4.78 is 5.51. The molecule has 0 aromatic rings. The van der Waals surface area contributed by atoms with Crippen molar-refractivity contribution >= 4 is 11.9 Å². The van der Waals surface area contributed by atoms with Crippen LogP contribution in [-0.4, -0.2) is 47.4 Å². The third kappa shape index (κ3) is 63.4. The molecule has 0 spiro atoms. The molecule has 0 saturated heterocycles. The molecule has 2 atom stereocenters. The number of carbonyl (C=O) groups excluding carboxylic acids is 2. The first-order chi connectivity index (χ1) is 38.0. The minimum Gasteiger partial charge on any atom is -0.466 e. The Balaban J connectivity index is 3.32. The molecular weight excluding hydrogens is 947 g/mol. The number of hydrogen-bond donors (Lipinski definition) is 3. The molecule has 2 unspecified atom stereocenters. The third-order valence-electron chi connectivity index (χ3n) is 16.5. The van der Waals surface area contributed by atoms with E-state index in [0.29, 0.717) is 19.4 Å². The number of esters is 1. The van der Waals surface area contributed by atoms with E-state index in [9.17, 15) is 19.8 Å². The Labute approximate surface area is 481 Å². The van der Waals surface area contributed by atoms with Gasteiger partial charge in [-0.15, -0.1) is 0 Å². The van der Waals surface area contributed by atoms with Gasteiger partial charge in [-0.1, -0.05) is 346 Å². The van der Waals surface area contributed by atoms with Crippen molar-refractivity contribution in [3.8, 4) is 0 Å². The van der Waals surface area contributed by atoms with E-state index < -0.39 is 12.1 Å². The lowest BCUT2D eigenvalue weighted by atomic mass is 10.0. The van der Waals surface area contributed by atoms with Gasteiger partial charge in [0.15, 0.2) is 0 Å². The Kier molecular flexibility index (Phi) is 65.4. The van der Waals surface area contributed by atoms with Crippen LogP contribution in [0.25, 0.3) is 0 Å². The van der Waals surface area contributed by atoms with Crippen molar-refractivity contribution in [3.05, 3.63) is 24.3 Å². The highest BCUT2D eigenvalue weighted by atomic mass is 16.5. The minimum atomic E-state index is -0.840. The summed E-state index contributed by atoms with van der Waals surface area (Å²) in [5.41, 5.74) is 0. The number of carbonyl (C=O) groups is 2. The van der Waals surface area contributed by atoms with Crippen molar-refractivity contribution < 1.29 is 24.5 Å². The standard InChI is InChI=1S/C71H137NO5/c1-3-5-7-9-11-13-15-17-18-19-35-38-41-45-49-53-57-61-65-71(76)77-66-62-58-54-50-46-42-39-36-33-31-29-27-25-23-21-20-22-24-26-28-30-32-34-37-40-44-48-52-56-60-64-70(75)72-68(67-73)69(74)63-59-55-51-47-43-16-14-12-10-8-6-4-2/h18-19,59,63,68-69,73-74H,3-17,20-58,60-62,64-67H2,1-2H3,(H,72,75)/b19-18-,63-59+. The third-order valence-corrected chi connectivity index (χ3v) is 16.5. The molecule has 0 rings (SSSR count). The zero-order valence-corrected chi connectivity index (χ0v) is 52.2. The quantitative estimate of drug-likeness (QED) is 0.0320. The Morgan fingerprint density at radius 1 is 0.351 bits per heavy atom. The van der Waals surface area contributed by atoms with Crippen molar-refractivity contribution in [2.75, 3.05) is 13.2 Å². The van der Waals surface area contributed by atoms with E-state index in [1.807, 2.05) is 6.08 Å². The number of amides is 1. The summed E-state index contributed by atoms with van der Waals surface area (Å²) in [5, 5.41) is 23.1. The first-order valence-corrected chi connectivity index (χ1v) is 35.1. The summed E-state index contributed by atoms with van der Waals surface area (Å²) in [6.07, 6.45) is 84.1. The van der Waals surface area contributed by atoms with Crippen molar-refractivity contribution in [2.24, 2.45) is 0 Å². The van der Waals surface area contributed by atoms with Gasteiger partial charge in [0.25, 0.3) is 0 Å². The number of allylic oxidation sites excluding steroid dienone is 3. The molecular formula is C71H137NO5. The normalized spacial score (nSPS) is 12.6. The molecule has 0 aromatic carbocycles. The van der Waals surface area contributed by atoms with Crippen LogP contribution >= 0.6 is 0 Å². The second-order valence-corrected chi connectivity index (χ2v) is 24.2. The largest absolute Gasteiger partial charge is 0.466 e. The number of unbranched alkanes of at least 4 members (excludes halogenated alkanes) is 53. The zero-order chi connectivity index (χ0) is 55.7. The van der Waals surface area contributed by atoms with Gasteiger partial charge < -0.3 is 20.3 Å². The molecule has 0 fully saturated rings. The van der Waals surface area contributed by atoms with Crippen LogP contribution in [-0.2, 0) is 14.3 Å². The van der Waals surface area contributed by atoms with Gasteiger partial charge in [-0.2, -0.15) is 0 Å². The lowest BCUT2D eigenvalue weighted by Gasteiger charge is -2.20. The molecule has 6 nitrogen and oxygen atoms in total. The van der Waals surface area contributed by atoms with E-state index in [4.69, 9.17) is 4.74 Å². The molecule has 6 heteroatoms. The Morgan fingerprint density at radius 3 is 0.922 bits per heavy atom. The molecule has 77 heavy (non-hydrogen) atoms. The van der Waals surface area contributed by atoms with E-state index in [2.05, 4.69) is 31.3 Å². The van der Waals surface area contributed by atoms with Gasteiger partial charge in [0.05, 0.1) is 25.4 Å². The van der Waals surface area contributed by atoms with Gasteiger partial charge in [0.2, 0.25) is 5.91 Å². The van der Waals surface area contributed by atoms with E-state index >= 15 is 0 Å². The maximum atomic E-state index is 12.5. The molecule has 3 N–H and O–H groups in total. The van der Waals surface area contributed by atoms with Crippen molar-refractivity contribution in [1.29, 1.82) is 0 Å². The van der Waals surface area contributed by atoms with Crippen LogP contribution in [0.3, 0.4) is 0 Å². The molecule has 456 valence electrons. The molecule has 0 aliphatic heterocycles.